The van der Waals surface area contributed by atoms with Crippen molar-refractivity contribution in [1.29, 1.82) is 5.26 Å². The van der Waals surface area contributed by atoms with E-state index in [4.69, 9.17) is 16.9 Å². The van der Waals surface area contributed by atoms with Crippen LogP contribution in [0.2, 0.25) is 5.15 Å². The standard InChI is InChI=1S/C16H10ClN3/c17-16-13-3-1-2-4-14(13)19-15(20-16)9-11-5-7-12(10-18)8-6-11/h1-8H,9H2. The first-order chi connectivity index (χ1) is 9.76. The summed E-state index contributed by atoms with van der Waals surface area (Å²) >= 11 is 6.18. The summed E-state index contributed by atoms with van der Waals surface area (Å²) in [6.45, 7) is 0. The molecule has 3 rings (SSSR count). The van der Waals surface area contributed by atoms with Crippen LogP contribution >= 0.6 is 11.6 Å². The van der Waals surface area contributed by atoms with E-state index >= 15 is 0 Å². The van der Waals surface area contributed by atoms with E-state index in [1.165, 1.54) is 0 Å². The molecule has 0 aliphatic heterocycles. The van der Waals surface area contributed by atoms with E-state index in [0.29, 0.717) is 23.0 Å². The van der Waals surface area contributed by atoms with Gasteiger partial charge in [-0.3, -0.25) is 0 Å². The molecular weight excluding hydrogens is 270 g/mol. The highest BCUT2D eigenvalue weighted by Crippen LogP contribution is 2.20. The van der Waals surface area contributed by atoms with Crippen molar-refractivity contribution in [2.45, 2.75) is 6.42 Å². The first kappa shape index (κ1) is 12.6. The van der Waals surface area contributed by atoms with Crippen LogP contribution in [-0.2, 0) is 6.42 Å². The smallest absolute Gasteiger partial charge is 0.140 e. The van der Waals surface area contributed by atoms with Crippen molar-refractivity contribution >= 4 is 22.5 Å². The SMILES string of the molecule is N#Cc1ccc(Cc2nc(Cl)c3ccccc3n2)cc1. The van der Waals surface area contributed by atoms with Gasteiger partial charge in [0.25, 0.3) is 0 Å². The Morgan fingerprint density at radius 1 is 1.00 bits per heavy atom. The van der Waals surface area contributed by atoms with Gasteiger partial charge in [0.1, 0.15) is 11.0 Å². The van der Waals surface area contributed by atoms with Crippen molar-refractivity contribution in [2.75, 3.05) is 0 Å². The van der Waals surface area contributed by atoms with Gasteiger partial charge in [-0.25, -0.2) is 9.97 Å². The third-order valence-corrected chi connectivity index (χ3v) is 3.34. The molecule has 96 valence electrons. The number of rotatable bonds is 2. The van der Waals surface area contributed by atoms with E-state index in [1.54, 1.807) is 12.1 Å². The maximum Gasteiger partial charge on any atom is 0.140 e. The van der Waals surface area contributed by atoms with E-state index < -0.39 is 0 Å². The van der Waals surface area contributed by atoms with Gasteiger partial charge in [0, 0.05) is 11.8 Å². The van der Waals surface area contributed by atoms with Crippen LogP contribution in [-0.4, -0.2) is 9.97 Å². The molecule has 0 bridgehead atoms. The molecule has 0 aliphatic rings. The van der Waals surface area contributed by atoms with Crippen molar-refractivity contribution in [1.82, 2.24) is 9.97 Å². The van der Waals surface area contributed by atoms with Crippen molar-refractivity contribution < 1.29 is 0 Å². The number of hydrogen-bond donors (Lipinski definition) is 0. The van der Waals surface area contributed by atoms with Crippen molar-refractivity contribution in [3.05, 3.63) is 70.6 Å². The monoisotopic (exact) mass is 279 g/mol. The first-order valence-corrected chi connectivity index (χ1v) is 6.54. The fraction of sp³-hybridized carbons (Fsp3) is 0.0625. The molecule has 0 spiro atoms. The van der Waals surface area contributed by atoms with Crippen LogP contribution in [0, 0.1) is 11.3 Å². The van der Waals surface area contributed by atoms with Crippen molar-refractivity contribution in [3.63, 3.8) is 0 Å². The molecule has 0 unspecified atom stereocenters. The van der Waals surface area contributed by atoms with Gasteiger partial charge in [-0.1, -0.05) is 35.9 Å². The van der Waals surface area contributed by atoms with E-state index in [-0.39, 0.29) is 0 Å². The third kappa shape index (κ3) is 2.47. The maximum atomic E-state index is 8.78. The predicted molar refractivity (Wildman–Crippen MR) is 78.5 cm³/mol. The largest absolute Gasteiger partial charge is 0.232 e. The minimum atomic E-state index is 0.472. The fourth-order valence-corrected chi connectivity index (χ4v) is 2.30. The number of halogens is 1. The fourth-order valence-electron chi connectivity index (χ4n) is 2.04. The molecule has 0 aliphatic carbocycles. The quantitative estimate of drug-likeness (QED) is 0.671. The minimum absolute atomic E-state index is 0.472. The molecule has 1 aromatic heterocycles. The second kappa shape index (κ2) is 5.28. The molecule has 20 heavy (non-hydrogen) atoms. The number of nitrogens with zero attached hydrogens (tertiary/aromatic N) is 3. The summed E-state index contributed by atoms with van der Waals surface area (Å²) in [6.07, 6.45) is 0.594. The van der Waals surface area contributed by atoms with Crippen LogP contribution in [0.5, 0.6) is 0 Å². The number of hydrogen-bond acceptors (Lipinski definition) is 3. The minimum Gasteiger partial charge on any atom is -0.232 e. The van der Waals surface area contributed by atoms with Crippen LogP contribution in [0.15, 0.2) is 48.5 Å². The molecule has 2 aromatic carbocycles. The van der Waals surface area contributed by atoms with Crippen LogP contribution in [0.3, 0.4) is 0 Å². The summed E-state index contributed by atoms with van der Waals surface area (Å²) in [7, 11) is 0. The highest BCUT2D eigenvalue weighted by molar-refractivity contribution is 6.34. The Morgan fingerprint density at radius 3 is 2.50 bits per heavy atom. The summed E-state index contributed by atoms with van der Waals surface area (Å²) in [5.74, 6) is 0.679. The van der Waals surface area contributed by atoms with E-state index in [1.807, 2.05) is 36.4 Å². The molecule has 1 heterocycles. The zero-order valence-electron chi connectivity index (χ0n) is 10.5. The molecule has 3 aromatic rings. The van der Waals surface area contributed by atoms with Gasteiger partial charge in [0.2, 0.25) is 0 Å². The average molecular weight is 280 g/mol. The second-order valence-electron chi connectivity index (χ2n) is 4.43. The number of nitriles is 1. The van der Waals surface area contributed by atoms with Gasteiger partial charge >= 0.3 is 0 Å². The highest BCUT2D eigenvalue weighted by atomic mass is 35.5. The molecule has 0 atom stereocenters. The molecule has 0 amide bonds. The molecule has 0 radical (unpaired) electrons. The van der Waals surface area contributed by atoms with Gasteiger partial charge in [0.15, 0.2) is 0 Å². The molecular formula is C16H10ClN3. The average Bonchev–Trinajstić information content (AvgIpc) is 2.48. The highest BCUT2D eigenvalue weighted by Gasteiger charge is 2.06. The lowest BCUT2D eigenvalue weighted by atomic mass is 10.1. The van der Waals surface area contributed by atoms with Gasteiger partial charge < -0.3 is 0 Å². The zero-order chi connectivity index (χ0) is 13.9. The van der Waals surface area contributed by atoms with Crippen LogP contribution in [0.1, 0.15) is 17.0 Å². The Hall–Kier alpha value is -2.44. The summed E-state index contributed by atoms with van der Waals surface area (Å²) < 4.78 is 0. The molecule has 4 heteroatoms. The lowest BCUT2D eigenvalue weighted by molar-refractivity contribution is 0.993. The van der Waals surface area contributed by atoms with Gasteiger partial charge in [0.05, 0.1) is 17.1 Å². The molecule has 3 nitrogen and oxygen atoms in total. The molecule has 0 saturated heterocycles. The van der Waals surface area contributed by atoms with E-state index in [2.05, 4.69) is 16.0 Å². The lowest BCUT2D eigenvalue weighted by Crippen LogP contribution is -1.98. The lowest BCUT2D eigenvalue weighted by Gasteiger charge is -2.04. The first-order valence-electron chi connectivity index (χ1n) is 6.16. The third-order valence-electron chi connectivity index (χ3n) is 3.05. The van der Waals surface area contributed by atoms with Crippen LogP contribution < -0.4 is 0 Å². The Kier molecular flexibility index (Phi) is 3.32. The van der Waals surface area contributed by atoms with Crippen molar-refractivity contribution in [3.8, 4) is 6.07 Å². The topological polar surface area (TPSA) is 49.6 Å². The number of fused-ring (bicyclic) bond motifs is 1. The zero-order valence-corrected chi connectivity index (χ0v) is 11.3. The Bertz CT molecular complexity index is 804. The van der Waals surface area contributed by atoms with E-state index in [9.17, 15) is 0 Å². The summed E-state index contributed by atoms with van der Waals surface area (Å²) in [5.41, 5.74) is 2.54. The summed E-state index contributed by atoms with van der Waals surface area (Å²) in [6, 6.07) is 17.2. The summed E-state index contributed by atoms with van der Waals surface area (Å²) in [5, 5.41) is 10.1. The molecule has 0 saturated carbocycles. The second-order valence-corrected chi connectivity index (χ2v) is 4.79. The molecule has 0 N–H and O–H groups in total. The number of para-hydroxylation sites is 1. The van der Waals surface area contributed by atoms with E-state index in [0.717, 1.165) is 16.5 Å². The number of aromatic nitrogens is 2. The normalized spacial score (nSPS) is 10.4. The molecule has 0 fully saturated rings. The van der Waals surface area contributed by atoms with Gasteiger partial charge in [-0.05, 0) is 29.8 Å². The number of benzene rings is 2. The predicted octanol–water partition coefficient (Wildman–Crippen LogP) is 3.75. The van der Waals surface area contributed by atoms with Crippen LogP contribution in [0.4, 0.5) is 0 Å². The Morgan fingerprint density at radius 2 is 1.75 bits per heavy atom. The van der Waals surface area contributed by atoms with Gasteiger partial charge in [-0.2, -0.15) is 5.26 Å². The summed E-state index contributed by atoms with van der Waals surface area (Å²) in [4.78, 5) is 8.84. The maximum absolute atomic E-state index is 8.78. The Labute approximate surface area is 121 Å². The van der Waals surface area contributed by atoms with Crippen molar-refractivity contribution in [2.24, 2.45) is 0 Å². The van der Waals surface area contributed by atoms with Gasteiger partial charge in [-0.15, -0.1) is 0 Å². The Balaban J connectivity index is 1.96. The van der Waals surface area contributed by atoms with Crippen LogP contribution in [0.25, 0.3) is 10.9 Å².